The molecule has 3 heterocycles. The van der Waals surface area contributed by atoms with Crippen molar-refractivity contribution in [1.29, 1.82) is 0 Å². The van der Waals surface area contributed by atoms with Crippen LogP contribution in [0.25, 0.3) is 0 Å². The van der Waals surface area contributed by atoms with E-state index in [1.165, 1.54) is 19.4 Å². The molecule has 1 atom stereocenters. The Hall–Kier alpha value is -1.71. The molecule has 0 saturated carbocycles. The molecule has 2 aliphatic rings. The lowest BCUT2D eigenvalue weighted by molar-refractivity contribution is 0.0376. The molecular weight excluding hydrogens is 368 g/mol. The molecule has 0 aliphatic carbocycles. The minimum Gasteiger partial charge on any atom is -0.379 e. The molecular formula is C20H38N8O. The lowest BCUT2D eigenvalue weighted by Crippen LogP contribution is -2.45. The Kier molecular flexibility index (Phi) is 8.69. The summed E-state index contributed by atoms with van der Waals surface area (Å²) in [5, 5.41) is 15.4. The molecule has 1 unspecified atom stereocenters. The summed E-state index contributed by atoms with van der Waals surface area (Å²) in [6.45, 7) is 13.8. The molecule has 0 spiro atoms. The summed E-state index contributed by atoms with van der Waals surface area (Å²) in [4.78, 5) is 9.80. The standard InChI is InChI=1S/C20H38N8O/c1-4-28-10-5-7-18(28)15-22-20(23-16-19-25-24-17(2)26(19)3)21-8-6-9-27-11-13-29-14-12-27/h18H,4-16H2,1-3H3,(H2,21,22,23). The van der Waals surface area contributed by atoms with Crippen LogP contribution in [0.4, 0.5) is 0 Å². The van der Waals surface area contributed by atoms with E-state index in [-0.39, 0.29) is 0 Å². The second kappa shape index (κ2) is 11.5. The molecule has 1 aromatic rings. The number of aryl methyl sites for hydroxylation is 1. The van der Waals surface area contributed by atoms with Gasteiger partial charge in [0.1, 0.15) is 12.4 Å². The number of morpholine rings is 1. The molecule has 29 heavy (non-hydrogen) atoms. The van der Waals surface area contributed by atoms with Crippen molar-refractivity contribution >= 4 is 5.96 Å². The first-order chi connectivity index (χ1) is 14.2. The topological polar surface area (TPSA) is 82.8 Å². The first-order valence-corrected chi connectivity index (χ1v) is 11.1. The van der Waals surface area contributed by atoms with Gasteiger partial charge in [-0.2, -0.15) is 0 Å². The van der Waals surface area contributed by atoms with Crippen molar-refractivity contribution < 1.29 is 4.74 Å². The fourth-order valence-corrected chi connectivity index (χ4v) is 4.00. The maximum Gasteiger partial charge on any atom is 0.191 e. The summed E-state index contributed by atoms with van der Waals surface area (Å²) >= 11 is 0. The van der Waals surface area contributed by atoms with E-state index in [4.69, 9.17) is 9.73 Å². The molecule has 2 saturated heterocycles. The zero-order chi connectivity index (χ0) is 20.5. The van der Waals surface area contributed by atoms with Crippen LogP contribution in [0.15, 0.2) is 4.99 Å². The second-order valence-corrected chi connectivity index (χ2v) is 7.93. The van der Waals surface area contributed by atoms with Crippen LogP contribution in [0.2, 0.25) is 0 Å². The summed E-state index contributed by atoms with van der Waals surface area (Å²) in [6.07, 6.45) is 3.64. The molecule has 164 valence electrons. The number of hydrogen-bond donors (Lipinski definition) is 2. The highest BCUT2D eigenvalue weighted by Crippen LogP contribution is 2.15. The fraction of sp³-hybridized carbons (Fsp3) is 0.850. The Morgan fingerprint density at radius 3 is 2.76 bits per heavy atom. The van der Waals surface area contributed by atoms with Gasteiger partial charge >= 0.3 is 0 Å². The number of likely N-dealkylation sites (N-methyl/N-ethyl adjacent to an activating group) is 1. The molecule has 1 aromatic heterocycles. The molecule has 0 amide bonds. The molecule has 9 nitrogen and oxygen atoms in total. The van der Waals surface area contributed by atoms with Crippen LogP contribution in [0.3, 0.4) is 0 Å². The first kappa shape index (κ1) is 22.0. The van der Waals surface area contributed by atoms with Crippen molar-refractivity contribution in [3.05, 3.63) is 11.6 Å². The van der Waals surface area contributed by atoms with Gasteiger partial charge in [0.2, 0.25) is 0 Å². The van der Waals surface area contributed by atoms with Gasteiger partial charge in [0, 0.05) is 39.3 Å². The number of hydrogen-bond acceptors (Lipinski definition) is 6. The van der Waals surface area contributed by atoms with Gasteiger partial charge in [-0.05, 0) is 45.8 Å². The highest BCUT2D eigenvalue weighted by molar-refractivity contribution is 5.79. The summed E-state index contributed by atoms with van der Waals surface area (Å²) in [5.74, 6) is 2.66. The third-order valence-corrected chi connectivity index (χ3v) is 6.02. The number of nitrogens with zero attached hydrogens (tertiary/aromatic N) is 6. The van der Waals surface area contributed by atoms with E-state index in [1.54, 1.807) is 0 Å². The first-order valence-electron chi connectivity index (χ1n) is 11.1. The van der Waals surface area contributed by atoms with E-state index in [9.17, 15) is 0 Å². The SMILES string of the molecule is CCN1CCCC1CNC(=NCc1nnc(C)n1C)NCCCN1CCOCC1. The molecule has 3 rings (SSSR count). The van der Waals surface area contributed by atoms with E-state index in [2.05, 4.69) is 37.6 Å². The Morgan fingerprint density at radius 2 is 2.03 bits per heavy atom. The van der Waals surface area contributed by atoms with Gasteiger partial charge in [-0.3, -0.25) is 9.80 Å². The maximum absolute atomic E-state index is 5.42. The molecule has 0 radical (unpaired) electrons. The van der Waals surface area contributed by atoms with Gasteiger partial charge < -0.3 is 19.9 Å². The number of rotatable bonds is 9. The number of guanidine groups is 1. The molecule has 9 heteroatoms. The normalized spacial score (nSPS) is 21.6. The van der Waals surface area contributed by atoms with E-state index < -0.39 is 0 Å². The lowest BCUT2D eigenvalue weighted by Gasteiger charge is -2.26. The van der Waals surface area contributed by atoms with Gasteiger partial charge in [-0.15, -0.1) is 10.2 Å². The lowest BCUT2D eigenvalue weighted by atomic mass is 10.2. The predicted octanol–water partition coefficient (Wildman–Crippen LogP) is 0.365. The van der Waals surface area contributed by atoms with Gasteiger partial charge in [0.05, 0.1) is 13.2 Å². The van der Waals surface area contributed by atoms with Crippen molar-refractivity contribution in [1.82, 2.24) is 35.2 Å². The van der Waals surface area contributed by atoms with Crippen LogP contribution in [0, 0.1) is 6.92 Å². The van der Waals surface area contributed by atoms with Gasteiger partial charge in [0.25, 0.3) is 0 Å². The highest BCUT2D eigenvalue weighted by atomic mass is 16.5. The summed E-state index contributed by atoms with van der Waals surface area (Å²) < 4.78 is 7.42. The number of nitrogens with one attached hydrogen (secondary N) is 2. The summed E-state index contributed by atoms with van der Waals surface area (Å²) in [7, 11) is 1.99. The van der Waals surface area contributed by atoms with Crippen LogP contribution < -0.4 is 10.6 Å². The fourth-order valence-electron chi connectivity index (χ4n) is 4.00. The average molecular weight is 407 g/mol. The summed E-state index contributed by atoms with van der Waals surface area (Å²) in [6, 6.07) is 0.595. The molecule has 0 bridgehead atoms. The summed E-state index contributed by atoms with van der Waals surface area (Å²) in [5.41, 5.74) is 0. The van der Waals surface area contributed by atoms with Crippen molar-refractivity contribution in [3.63, 3.8) is 0 Å². The quantitative estimate of drug-likeness (QED) is 0.348. The van der Waals surface area contributed by atoms with Crippen LogP contribution >= 0.6 is 0 Å². The van der Waals surface area contributed by atoms with Crippen molar-refractivity contribution in [2.45, 2.75) is 45.7 Å². The molecule has 2 N–H and O–H groups in total. The smallest absolute Gasteiger partial charge is 0.191 e. The van der Waals surface area contributed by atoms with Gasteiger partial charge in [0.15, 0.2) is 11.8 Å². The van der Waals surface area contributed by atoms with Crippen LogP contribution in [0.5, 0.6) is 0 Å². The van der Waals surface area contributed by atoms with Gasteiger partial charge in [-0.25, -0.2) is 4.99 Å². The maximum atomic E-state index is 5.42. The zero-order valence-electron chi connectivity index (χ0n) is 18.4. The van der Waals surface area contributed by atoms with Crippen molar-refractivity contribution in [3.8, 4) is 0 Å². The van der Waals surface area contributed by atoms with Crippen molar-refractivity contribution in [2.24, 2.45) is 12.0 Å². The molecule has 2 aliphatic heterocycles. The minimum absolute atomic E-state index is 0.526. The predicted molar refractivity (Wildman–Crippen MR) is 115 cm³/mol. The Morgan fingerprint density at radius 1 is 1.21 bits per heavy atom. The van der Waals surface area contributed by atoms with E-state index in [0.29, 0.717) is 12.6 Å². The average Bonchev–Trinajstić information content (AvgIpc) is 3.34. The highest BCUT2D eigenvalue weighted by Gasteiger charge is 2.22. The number of likely N-dealkylation sites (tertiary alicyclic amines) is 1. The third kappa shape index (κ3) is 6.65. The largest absolute Gasteiger partial charge is 0.379 e. The van der Waals surface area contributed by atoms with Crippen molar-refractivity contribution in [2.75, 3.05) is 59.0 Å². The number of ether oxygens (including phenoxy) is 1. The minimum atomic E-state index is 0.526. The Balaban J connectivity index is 1.50. The second-order valence-electron chi connectivity index (χ2n) is 7.93. The Labute approximate surface area is 174 Å². The zero-order valence-corrected chi connectivity index (χ0v) is 18.4. The van der Waals surface area contributed by atoms with E-state index in [0.717, 1.165) is 76.5 Å². The third-order valence-electron chi connectivity index (χ3n) is 6.02. The Bertz CT molecular complexity index is 640. The van der Waals surface area contributed by atoms with Crippen LogP contribution in [-0.2, 0) is 18.3 Å². The van der Waals surface area contributed by atoms with Crippen LogP contribution in [0.1, 0.15) is 37.8 Å². The molecule has 2 fully saturated rings. The monoisotopic (exact) mass is 406 g/mol. The number of aliphatic imine (C=N–C) groups is 1. The van der Waals surface area contributed by atoms with E-state index in [1.807, 2.05) is 18.5 Å². The molecule has 0 aromatic carbocycles. The van der Waals surface area contributed by atoms with Crippen LogP contribution in [-0.4, -0.2) is 95.6 Å². The van der Waals surface area contributed by atoms with Gasteiger partial charge in [-0.1, -0.05) is 6.92 Å². The number of aromatic nitrogens is 3. The van der Waals surface area contributed by atoms with E-state index >= 15 is 0 Å².